The molecule has 0 atom stereocenters. The first-order valence-corrected chi connectivity index (χ1v) is 8.99. The Morgan fingerprint density at radius 3 is 2.74 bits per heavy atom. The number of unbranched alkanes of at least 4 members (excludes halogenated alkanes) is 3. The van der Waals surface area contributed by atoms with Gasteiger partial charge in [0.25, 0.3) is 0 Å². The van der Waals surface area contributed by atoms with E-state index >= 15 is 0 Å². The van der Waals surface area contributed by atoms with E-state index in [-0.39, 0.29) is 30.7 Å². The number of pyridine rings is 1. The number of hydrogen-bond acceptors (Lipinski definition) is 4. The lowest BCUT2D eigenvalue weighted by atomic mass is 10.1. The summed E-state index contributed by atoms with van der Waals surface area (Å²) in [6, 6.07) is 11.8. The molecule has 1 aliphatic rings. The fraction of sp³-hybridized carbons (Fsp3) is 0.400. The highest BCUT2D eigenvalue weighted by Crippen LogP contribution is 2.30. The lowest BCUT2D eigenvalue weighted by Crippen LogP contribution is -2.12. The number of nitrogens with two attached hydrogens (primary N) is 1. The minimum absolute atomic E-state index is 0. The fourth-order valence-corrected chi connectivity index (χ4v) is 3.00. The molecule has 3 N–H and O–H groups in total. The number of hydrogen-bond donors (Lipinski definition) is 2. The second-order valence-corrected chi connectivity index (χ2v) is 6.33. The van der Waals surface area contributed by atoms with E-state index in [0.717, 1.165) is 62.3 Å². The molecule has 0 aliphatic carbocycles. The molecule has 1 aliphatic heterocycles. The first kappa shape index (κ1) is 23.2. The van der Waals surface area contributed by atoms with Crippen LogP contribution >= 0.6 is 24.8 Å². The van der Waals surface area contributed by atoms with Crippen molar-refractivity contribution in [1.82, 2.24) is 4.98 Å². The third kappa shape index (κ3) is 6.69. The molecule has 0 saturated carbocycles. The Balaban J connectivity index is 0.00000182. The summed E-state index contributed by atoms with van der Waals surface area (Å²) in [6.45, 7) is 1.46. The highest BCUT2D eigenvalue weighted by molar-refractivity contribution is 5.90. The van der Waals surface area contributed by atoms with Crippen LogP contribution in [0.15, 0.2) is 36.4 Å². The second-order valence-electron chi connectivity index (χ2n) is 6.33. The highest BCUT2D eigenvalue weighted by atomic mass is 35.5. The maximum atomic E-state index is 12.1. The molecule has 5 nitrogen and oxygen atoms in total. The molecule has 27 heavy (non-hydrogen) atoms. The third-order valence-electron chi connectivity index (χ3n) is 4.36. The molecule has 0 fully saturated rings. The monoisotopic (exact) mass is 411 g/mol. The van der Waals surface area contributed by atoms with Gasteiger partial charge >= 0.3 is 0 Å². The van der Waals surface area contributed by atoms with Crippen LogP contribution in [0.3, 0.4) is 0 Å². The smallest absolute Gasteiger partial charge is 0.225 e. The van der Waals surface area contributed by atoms with Crippen LogP contribution in [0.1, 0.15) is 37.7 Å². The van der Waals surface area contributed by atoms with Gasteiger partial charge in [-0.25, -0.2) is 4.98 Å². The zero-order chi connectivity index (χ0) is 17.5. The molecule has 2 aromatic rings. The number of fused-ring (bicyclic) bond motifs is 1. The predicted octanol–water partition coefficient (Wildman–Crippen LogP) is 4.37. The summed E-state index contributed by atoms with van der Waals surface area (Å²) in [5.41, 5.74) is 8.58. The number of carbonyl (C=O) groups excluding carboxylic acids is 1. The third-order valence-corrected chi connectivity index (χ3v) is 4.36. The summed E-state index contributed by atoms with van der Waals surface area (Å²) < 4.78 is 5.54. The van der Waals surface area contributed by atoms with E-state index in [4.69, 9.17) is 10.5 Å². The summed E-state index contributed by atoms with van der Waals surface area (Å²) in [6.07, 6.45) is 5.48. The SMILES string of the molecule is Cl.Cl.NCCCCCCC(=O)Nc1cccc(-c2ccc3c(c2)CCO3)n1. The van der Waals surface area contributed by atoms with Gasteiger partial charge in [-0.2, -0.15) is 0 Å². The van der Waals surface area contributed by atoms with Gasteiger partial charge in [-0.3, -0.25) is 4.79 Å². The summed E-state index contributed by atoms with van der Waals surface area (Å²) in [4.78, 5) is 16.6. The fourth-order valence-electron chi connectivity index (χ4n) is 3.00. The molecule has 0 bridgehead atoms. The van der Waals surface area contributed by atoms with E-state index in [1.807, 2.05) is 30.3 Å². The van der Waals surface area contributed by atoms with Gasteiger partial charge in [0.15, 0.2) is 0 Å². The van der Waals surface area contributed by atoms with Gasteiger partial charge in [0.2, 0.25) is 5.91 Å². The Labute approximate surface area is 172 Å². The minimum Gasteiger partial charge on any atom is -0.493 e. The molecule has 2 heterocycles. The Morgan fingerprint density at radius 2 is 1.93 bits per heavy atom. The molecule has 3 rings (SSSR count). The van der Waals surface area contributed by atoms with Crippen molar-refractivity contribution in [2.45, 2.75) is 38.5 Å². The van der Waals surface area contributed by atoms with Crippen molar-refractivity contribution in [1.29, 1.82) is 0 Å². The van der Waals surface area contributed by atoms with Crippen LogP contribution in [0.5, 0.6) is 5.75 Å². The van der Waals surface area contributed by atoms with Gasteiger partial charge in [-0.15, -0.1) is 24.8 Å². The summed E-state index contributed by atoms with van der Waals surface area (Å²) in [7, 11) is 0. The van der Waals surface area contributed by atoms with Crippen LogP contribution in [0.25, 0.3) is 11.3 Å². The quantitative estimate of drug-likeness (QED) is 0.631. The van der Waals surface area contributed by atoms with E-state index < -0.39 is 0 Å². The Morgan fingerprint density at radius 1 is 1.11 bits per heavy atom. The largest absolute Gasteiger partial charge is 0.493 e. The number of amides is 1. The first-order valence-electron chi connectivity index (χ1n) is 8.99. The second kappa shape index (κ2) is 11.8. The standard InChI is InChI=1S/C20H25N3O2.2ClH/c21-12-4-2-1-3-8-20(24)23-19-7-5-6-17(22-19)15-9-10-18-16(14-15)11-13-25-18;;/h5-7,9-10,14H,1-4,8,11-13,21H2,(H,22,23,24);2*1H. The van der Waals surface area contributed by atoms with E-state index in [1.54, 1.807) is 0 Å². The van der Waals surface area contributed by atoms with Crippen LogP contribution < -0.4 is 15.8 Å². The zero-order valence-electron chi connectivity index (χ0n) is 15.3. The number of nitrogens with one attached hydrogen (secondary N) is 1. The normalized spacial score (nSPS) is 11.6. The maximum Gasteiger partial charge on any atom is 0.225 e. The van der Waals surface area contributed by atoms with Crippen molar-refractivity contribution in [2.75, 3.05) is 18.5 Å². The minimum atomic E-state index is 0. The number of rotatable bonds is 8. The predicted molar refractivity (Wildman–Crippen MR) is 114 cm³/mol. The lowest BCUT2D eigenvalue weighted by Gasteiger charge is -2.08. The molecule has 148 valence electrons. The molecule has 7 heteroatoms. The molecule has 0 radical (unpaired) electrons. The van der Waals surface area contributed by atoms with E-state index in [9.17, 15) is 4.79 Å². The number of ether oxygens (including phenoxy) is 1. The number of benzene rings is 1. The van der Waals surface area contributed by atoms with Crippen molar-refractivity contribution in [3.63, 3.8) is 0 Å². The van der Waals surface area contributed by atoms with Gasteiger partial charge in [-0.05, 0) is 55.3 Å². The Hall–Kier alpha value is -1.82. The molecule has 1 aromatic heterocycles. The van der Waals surface area contributed by atoms with Crippen molar-refractivity contribution in [3.05, 3.63) is 42.0 Å². The van der Waals surface area contributed by atoms with E-state index in [0.29, 0.717) is 12.2 Å². The van der Waals surface area contributed by atoms with E-state index in [2.05, 4.69) is 16.4 Å². The van der Waals surface area contributed by atoms with Crippen molar-refractivity contribution in [3.8, 4) is 17.0 Å². The summed E-state index contributed by atoms with van der Waals surface area (Å²) in [5.74, 6) is 1.57. The average molecular weight is 412 g/mol. The van der Waals surface area contributed by atoms with Crippen LogP contribution in [0, 0.1) is 0 Å². The van der Waals surface area contributed by atoms with Crippen LogP contribution in [0.4, 0.5) is 5.82 Å². The van der Waals surface area contributed by atoms with Gasteiger partial charge in [0, 0.05) is 18.4 Å². The van der Waals surface area contributed by atoms with Crippen LogP contribution in [-0.2, 0) is 11.2 Å². The summed E-state index contributed by atoms with van der Waals surface area (Å²) >= 11 is 0. The number of carbonyl (C=O) groups is 1. The number of nitrogens with zero attached hydrogens (tertiary/aromatic N) is 1. The van der Waals surface area contributed by atoms with Crippen molar-refractivity contribution >= 4 is 36.5 Å². The van der Waals surface area contributed by atoms with Crippen LogP contribution in [0.2, 0.25) is 0 Å². The Bertz CT molecular complexity index is 741. The summed E-state index contributed by atoms with van der Waals surface area (Å²) in [5, 5.41) is 2.90. The van der Waals surface area contributed by atoms with Gasteiger partial charge < -0.3 is 15.8 Å². The molecule has 1 aromatic carbocycles. The van der Waals surface area contributed by atoms with Gasteiger partial charge in [0.1, 0.15) is 11.6 Å². The molecule has 0 spiro atoms. The lowest BCUT2D eigenvalue weighted by molar-refractivity contribution is -0.116. The van der Waals surface area contributed by atoms with Crippen LogP contribution in [-0.4, -0.2) is 24.0 Å². The number of halogens is 2. The molecule has 0 unspecified atom stereocenters. The number of anilines is 1. The topological polar surface area (TPSA) is 77.2 Å². The number of aromatic nitrogens is 1. The molecular weight excluding hydrogens is 385 g/mol. The van der Waals surface area contributed by atoms with Crippen molar-refractivity contribution in [2.24, 2.45) is 5.73 Å². The van der Waals surface area contributed by atoms with Gasteiger partial charge in [0.05, 0.1) is 12.3 Å². The highest BCUT2D eigenvalue weighted by Gasteiger charge is 2.13. The van der Waals surface area contributed by atoms with Crippen molar-refractivity contribution < 1.29 is 9.53 Å². The average Bonchev–Trinajstić information content (AvgIpc) is 3.09. The Kier molecular flexibility index (Phi) is 10.1. The molecular formula is C20H27Cl2N3O2. The molecule has 1 amide bonds. The first-order chi connectivity index (χ1) is 12.3. The van der Waals surface area contributed by atoms with E-state index in [1.165, 1.54) is 5.56 Å². The molecule has 0 saturated heterocycles. The maximum absolute atomic E-state index is 12.1. The zero-order valence-corrected chi connectivity index (χ0v) is 16.9. The van der Waals surface area contributed by atoms with Gasteiger partial charge in [-0.1, -0.05) is 18.9 Å².